The molecule has 0 aromatic rings. The van der Waals surface area contributed by atoms with E-state index in [2.05, 4.69) is 18.7 Å². The molecule has 4 atom stereocenters. The Labute approximate surface area is 112 Å². The molecule has 0 spiro atoms. The lowest BCUT2D eigenvalue weighted by Gasteiger charge is -2.51. The highest BCUT2D eigenvalue weighted by molar-refractivity contribution is 5.05. The monoisotopic (exact) mass is 250 g/mol. The van der Waals surface area contributed by atoms with Crippen molar-refractivity contribution in [3.8, 4) is 0 Å². The van der Waals surface area contributed by atoms with Crippen LogP contribution in [0, 0.1) is 17.8 Å². The van der Waals surface area contributed by atoms with Gasteiger partial charge in [-0.15, -0.1) is 0 Å². The highest BCUT2D eigenvalue weighted by Gasteiger charge is 2.49. The Bertz CT molecular complexity index is 301. The lowest BCUT2D eigenvalue weighted by atomic mass is 9.70. The van der Waals surface area contributed by atoms with Crippen LogP contribution in [-0.4, -0.2) is 29.6 Å². The minimum atomic E-state index is 0.368. The predicted octanol–water partition coefficient (Wildman–Crippen LogP) is 3.01. The van der Waals surface area contributed by atoms with E-state index in [9.17, 15) is 0 Å². The normalized spacial score (nSPS) is 45.0. The van der Waals surface area contributed by atoms with Crippen molar-refractivity contribution in [2.75, 3.05) is 13.1 Å². The second kappa shape index (κ2) is 4.79. The molecule has 2 N–H and O–H groups in total. The smallest absolute Gasteiger partial charge is 0.0337 e. The number of likely N-dealkylation sites (tertiary alicyclic amines) is 1. The lowest BCUT2D eigenvalue weighted by molar-refractivity contribution is 0.00392. The molecule has 0 amide bonds. The van der Waals surface area contributed by atoms with E-state index in [0.29, 0.717) is 5.54 Å². The standard InChI is InChI=1S/C16H30N2/c1-12(2)14-4-3-7-16(9-14,11-17)18-10-13-5-6-15(18)8-13/h12-15H,3-11,17H2,1-2H3. The fourth-order valence-electron chi connectivity index (χ4n) is 5.02. The van der Waals surface area contributed by atoms with Crippen molar-refractivity contribution < 1.29 is 0 Å². The summed E-state index contributed by atoms with van der Waals surface area (Å²) in [5.74, 6) is 2.73. The van der Waals surface area contributed by atoms with Gasteiger partial charge in [0.05, 0.1) is 0 Å². The molecule has 3 aliphatic rings. The molecule has 1 saturated heterocycles. The SMILES string of the molecule is CC(C)C1CCCC(CN)(N2CC3CCC2C3)C1. The second-order valence-electron chi connectivity index (χ2n) is 7.51. The molecule has 3 rings (SSSR count). The zero-order valence-electron chi connectivity index (χ0n) is 12.2. The third-order valence-electron chi connectivity index (χ3n) is 6.20. The number of hydrogen-bond donors (Lipinski definition) is 1. The van der Waals surface area contributed by atoms with Crippen LogP contribution < -0.4 is 5.73 Å². The van der Waals surface area contributed by atoms with Gasteiger partial charge in [-0.05, 0) is 49.9 Å². The van der Waals surface area contributed by atoms with Gasteiger partial charge >= 0.3 is 0 Å². The third kappa shape index (κ3) is 2.02. The van der Waals surface area contributed by atoms with E-state index in [-0.39, 0.29) is 0 Å². The van der Waals surface area contributed by atoms with Crippen molar-refractivity contribution in [2.45, 2.75) is 70.4 Å². The Hall–Kier alpha value is -0.0800. The summed E-state index contributed by atoms with van der Waals surface area (Å²) in [6.07, 6.45) is 9.94. The topological polar surface area (TPSA) is 29.3 Å². The summed E-state index contributed by atoms with van der Waals surface area (Å²) in [5.41, 5.74) is 6.64. The molecule has 4 unspecified atom stereocenters. The molecule has 1 aliphatic heterocycles. The Morgan fingerprint density at radius 3 is 2.67 bits per heavy atom. The fourth-order valence-corrected chi connectivity index (χ4v) is 5.02. The summed E-state index contributed by atoms with van der Waals surface area (Å²) in [5, 5.41) is 0. The summed E-state index contributed by atoms with van der Waals surface area (Å²) in [6, 6.07) is 0.879. The Morgan fingerprint density at radius 1 is 1.28 bits per heavy atom. The van der Waals surface area contributed by atoms with Crippen LogP contribution in [0.3, 0.4) is 0 Å². The molecule has 0 aromatic heterocycles. The summed E-state index contributed by atoms with van der Waals surface area (Å²) in [7, 11) is 0. The molecule has 1 heterocycles. The average molecular weight is 250 g/mol. The van der Waals surface area contributed by atoms with Gasteiger partial charge in [0.25, 0.3) is 0 Å². The summed E-state index contributed by atoms with van der Waals surface area (Å²) < 4.78 is 0. The molecule has 2 bridgehead atoms. The average Bonchev–Trinajstić information content (AvgIpc) is 3.01. The first kappa shape index (κ1) is 12.9. The van der Waals surface area contributed by atoms with E-state index in [0.717, 1.165) is 30.3 Å². The molecule has 104 valence electrons. The van der Waals surface area contributed by atoms with Crippen LogP contribution in [0.4, 0.5) is 0 Å². The quantitative estimate of drug-likeness (QED) is 0.834. The van der Waals surface area contributed by atoms with E-state index in [1.165, 1.54) is 51.5 Å². The van der Waals surface area contributed by atoms with Crippen LogP contribution in [0.25, 0.3) is 0 Å². The van der Waals surface area contributed by atoms with Crippen LogP contribution in [-0.2, 0) is 0 Å². The van der Waals surface area contributed by atoms with E-state index < -0.39 is 0 Å². The number of hydrogen-bond acceptors (Lipinski definition) is 2. The van der Waals surface area contributed by atoms with Gasteiger partial charge < -0.3 is 5.73 Å². The summed E-state index contributed by atoms with van der Waals surface area (Å²) in [4.78, 5) is 2.86. The minimum Gasteiger partial charge on any atom is -0.329 e. The number of nitrogens with two attached hydrogens (primary N) is 1. The first-order valence-corrected chi connectivity index (χ1v) is 8.11. The van der Waals surface area contributed by atoms with Crippen molar-refractivity contribution in [3.05, 3.63) is 0 Å². The zero-order valence-corrected chi connectivity index (χ0v) is 12.2. The van der Waals surface area contributed by atoms with Gasteiger partial charge in [-0.3, -0.25) is 4.90 Å². The highest BCUT2D eigenvalue weighted by Crippen LogP contribution is 2.47. The van der Waals surface area contributed by atoms with Crippen LogP contribution in [0.1, 0.15) is 58.8 Å². The van der Waals surface area contributed by atoms with Crippen molar-refractivity contribution in [1.82, 2.24) is 4.90 Å². The maximum Gasteiger partial charge on any atom is 0.0337 e. The number of nitrogens with zero attached hydrogens (tertiary/aromatic N) is 1. The van der Waals surface area contributed by atoms with Crippen LogP contribution >= 0.6 is 0 Å². The van der Waals surface area contributed by atoms with Gasteiger partial charge in [-0.25, -0.2) is 0 Å². The largest absolute Gasteiger partial charge is 0.329 e. The van der Waals surface area contributed by atoms with Gasteiger partial charge in [0.15, 0.2) is 0 Å². The maximum atomic E-state index is 6.27. The Morgan fingerprint density at radius 2 is 2.11 bits per heavy atom. The van der Waals surface area contributed by atoms with Gasteiger partial charge in [0.1, 0.15) is 0 Å². The molecule has 2 saturated carbocycles. The third-order valence-corrected chi connectivity index (χ3v) is 6.20. The first-order valence-electron chi connectivity index (χ1n) is 8.11. The molecular formula is C16H30N2. The molecule has 2 nitrogen and oxygen atoms in total. The molecular weight excluding hydrogens is 220 g/mol. The lowest BCUT2D eigenvalue weighted by Crippen LogP contribution is -2.59. The summed E-state index contributed by atoms with van der Waals surface area (Å²) >= 11 is 0. The van der Waals surface area contributed by atoms with Crippen LogP contribution in [0.5, 0.6) is 0 Å². The van der Waals surface area contributed by atoms with Gasteiger partial charge in [0.2, 0.25) is 0 Å². The molecule has 2 heteroatoms. The fraction of sp³-hybridized carbons (Fsp3) is 1.00. The highest BCUT2D eigenvalue weighted by atomic mass is 15.3. The molecule has 18 heavy (non-hydrogen) atoms. The molecule has 3 fully saturated rings. The molecule has 2 aliphatic carbocycles. The predicted molar refractivity (Wildman–Crippen MR) is 76.4 cm³/mol. The first-order chi connectivity index (χ1) is 8.64. The van der Waals surface area contributed by atoms with E-state index in [4.69, 9.17) is 5.73 Å². The number of rotatable bonds is 3. The van der Waals surface area contributed by atoms with E-state index >= 15 is 0 Å². The Balaban J connectivity index is 1.77. The Kier molecular flexibility index (Phi) is 3.44. The minimum absolute atomic E-state index is 0.368. The van der Waals surface area contributed by atoms with E-state index in [1.54, 1.807) is 0 Å². The van der Waals surface area contributed by atoms with Crippen LogP contribution in [0.15, 0.2) is 0 Å². The number of fused-ring (bicyclic) bond motifs is 2. The van der Waals surface area contributed by atoms with Crippen molar-refractivity contribution in [1.29, 1.82) is 0 Å². The van der Waals surface area contributed by atoms with Gasteiger partial charge in [-0.1, -0.05) is 26.7 Å². The second-order valence-corrected chi connectivity index (χ2v) is 7.51. The van der Waals surface area contributed by atoms with Crippen molar-refractivity contribution >= 4 is 0 Å². The van der Waals surface area contributed by atoms with Crippen molar-refractivity contribution in [3.63, 3.8) is 0 Å². The van der Waals surface area contributed by atoms with Crippen molar-refractivity contribution in [2.24, 2.45) is 23.5 Å². The molecule has 0 aromatic carbocycles. The van der Waals surface area contributed by atoms with E-state index in [1.807, 2.05) is 0 Å². The van der Waals surface area contributed by atoms with Crippen LogP contribution in [0.2, 0.25) is 0 Å². The molecule has 0 radical (unpaired) electrons. The van der Waals surface area contributed by atoms with Gasteiger partial charge in [0, 0.05) is 24.7 Å². The zero-order chi connectivity index (χ0) is 12.8. The summed E-state index contributed by atoms with van der Waals surface area (Å²) in [6.45, 7) is 7.03. The maximum absolute atomic E-state index is 6.27. The van der Waals surface area contributed by atoms with Gasteiger partial charge in [-0.2, -0.15) is 0 Å². The number of piperidine rings is 1.